The van der Waals surface area contributed by atoms with Gasteiger partial charge in [-0.05, 0) is 30.9 Å². The molecule has 0 aliphatic carbocycles. The summed E-state index contributed by atoms with van der Waals surface area (Å²) in [4.78, 5) is 13.0. The van der Waals surface area contributed by atoms with Crippen LogP contribution in [-0.2, 0) is 10.5 Å². The maximum atomic E-state index is 13.0. The van der Waals surface area contributed by atoms with Gasteiger partial charge in [-0.1, -0.05) is 41.6 Å². The van der Waals surface area contributed by atoms with E-state index >= 15 is 0 Å². The van der Waals surface area contributed by atoms with Crippen LogP contribution in [-0.4, -0.2) is 38.8 Å². The number of hydrogen-bond donors (Lipinski definition) is 0. The van der Waals surface area contributed by atoms with E-state index in [2.05, 4.69) is 15.3 Å². The maximum Gasteiger partial charge on any atom is 0.277 e. The lowest BCUT2D eigenvalue weighted by molar-refractivity contribution is -0.130. The van der Waals surface area contributed by atoms with Gasteiger partial charge in [0.1, 0.15) is 11.8 Å². The molecule has 0 fully saturated rings. The number of aromatic nitrogens is 2. The summed E-state index contributed by atoms with van der Waals surface area (Å²) in [5.74, 6) is 1.94. The first-order valence-electron chi connectivity index (χ1n) is 9.08. The minimum absolute atomic E-state index is 0.136. The quantitative estimate of drug-likeness (QED) is 0.519. The number of hydrogen-bond acceptors (Lipinski definition) is 8. The molecule has 1 aliphatic heterocycles. The Hall–Kier alpha value is -2.52. The summed E-state index contributed by atoms with van der Waals surface area (Å²) >= 11 is 2.82. The van der Waals surface area contributed by atoms with E-state index in [4.69, 9.17) is 8.83 Å². The molecule has 0 spiro atoms. The fourth-order valence-corrected chi connectivity index (χ4v) is 4.03. The molecule has 0 bridgehead atoms. The number of nitrogens with zero attached hydrogens (tertiary/aromatic N) is 4. The van der Waals surface area contributed by atoms with Crippen LogP contribution in [0.5, 0.6) is 0 Å². The summed E-state index contributed by atoms with van der Waals surface area (Å²) in [5.41, 5.74) is 3.05. The minimum atomic E-state index is -0.260. The van der Waals surface area contributed by atoms with Crippen molar-refractivity contribution in [2.24, 2.45) is 5.10 Å². The molecule has 0 N–H and O–H groups in total. The predicted octanol–water partition coefficient (Wildman–Crippen LogP) is 4.30. The highest BCUT2D eigenvalue weighted by Gasteiger charge is 2.34. The molecule has 9 heteroatoms. The van der Waals surface area contributed by atoms with Crippen LogP contribution in [0.25, 0.3) is 0 Å². The van der Waals surface area contributed by atoms with E-state index in [1.54, 1.807) is 18.0 Å². The van der Waals surface area contributed by atoms with Crippen LogP contribution < -0.4 is 0 Å². The average molecular weight is 429 g/mol. The summed E-state index contributed by atoms with van der Waals surface area (Å²) in [6, 6.07) is 11.6. The molecule has 0 radical (unpaired) electrons. The van der Waals surface area contributed by atoms with Gasteiger partial charge in [-0.3, -0.25) is 4.79 Å². The lowest BCUT2D eigenvalue weighted by Gasteiger charge is -2.19. The first-order valence-corrected chi connectivity index (χ1v) is 11.5. The van der Waals surface area contributed by atoms with Gasteiger partial charge in [0.05, 0.1) is 23.5 Å². The molecule has 4 rings (SSSR count). The smallest absolute Gasteiger partial charge is 0.277 e. The molecule has 0 saturated heterocycles. The van der Waals surface area contributed by atoms with Crippen LogP contribution in [0.4, 0.5) is 0 Å². The second kappa shape index (κ2) is 8.87. The highest BCUT2D eigenvalue weighted by atomic mass is 32.2. The fraction of sp³-hybridized carbons (Fsp3) is 0.300. The lowest BCUT2D eigenvalue weighted by atomic mass is 10.0. The van der Waals surface area contributed by atoms with Crippen LogP contribution in [0.3, 0.4) is 0 Å². The lowest BCUT2D eigenvalue weighted by Crippen LogP contribution is -2.28. The normalized spacial score (nSPS) is 16.3. The van der Waals surface area contributed by atoms with Crippen molar-refractivity contribution in [3.63, 3.8) is 0 Å². The molecule has 0 saturated carbocycles. The number of benzene rings is 1. The minimum Gasteiger partial charge on any atom is -0.467 e. The summed E-state index contributed by atoms with van der Waals surface area (Å²) < 4.78 is 11.1. The van der Waals surface area contributed by atoms with Crippen LogP contribution in [0.2, 0.25) is 0 Å². The molecule has 29 heavy (non-hydrogen) atoms. The zero-order valence-electron chi connectivity index (χ0n) is 16.1. The van der Waals surface area contributed by atoms with Gasteiger partial charge < -0.3 is 8.83 Å². The Kier molecular flexibility index (Phi) is 6.05. The van der Waals surface area contributed by atoms with E-state index in [-0.39, 0.29) is 17.7 Å². The summed E-state index contributed by atoms with van der Waals surface area (Å²) in [6.07, 6.45) is 4.18. The molecule has 3 aromatic rings. The SMILES string of the molecule is CSCc1nnc(SCC(=O)N2N=C(c3ccc(C)cc3)C[C@H]2c2ccco2)o1. The van der Waals surface area contributed by atoms with Crippen molar-refractivity contribution < 1.29 is 13.6 Å². The van der Waals surface area contributed by atoms with Gasteiger partial charge in [-0.25, -0.2) is 5.01 Å². The highest BCUT2D eigenvalue weighted by Crippen LogP contribution is 2.34. The van der Waals surface area contributed by atoms with Crippen molar-refractivity contribution in [3.05, 3.63) is 65.4 Å². The third kappa shape index (κ3) is 4.56. The van der Waals surface area contributed by atoms with E-state index < -0.39 is 0 Å². The largest absolute Gasteiger partial charge is 0.467 e. The Morgan fingerprint density at radius 2 is 2.07 bits per heavy atom. The zero-order valence-corrected chi connectivity index (χ0v) is 17.7. The molecule has 3 heterocycles. The molecule has 0 unspecified atom stereocenters. The number of aryl methyl sites for hydroxylation is 1. The Bertz CT molecular complexity index is 999. The Morgan fingerprint density at radius 1 is 1.24 bits per heavy atom. The van der Waals surface area contributed by atoms with Crippen molar-refractivity contribution in [1.29, 1.82) is 0 Å². The first kappa shape index (κ1) is 19.8. The molecule has 7 nitrogen and oxygen atoms in total. The Balaban J connectivity index is 1.50. The summed E-state index contributed by atoms with van der Waals surface area (Å²) in [7, 11) is 0. The average Bonchev–Trinajstić information content (AvgIpc) is 3.47. The number of carbonyl (C=O) groups excluding carboxylic acids is 1. The monoisotopic (exact) mass is 428 g/mol. The summed E-state index contributed by atoms with van der Waals surface area (Å²) in [6.45, 7) is 2.04. The van der Waals surface area contributed by atoms with Gasteiger partial charge in [-0.2, -0.15) is 16.9 Å². The number of rotatable bonds is 7. The van der Waals surface area contributed by atoms with E-state index in [9.17, 15) is 4.79 Å². The van der Waals surface area contributed by atoms with E-state index in [1.165, 1.54) is 22.3 Å². The predicted molar refractivity (Wildman–Crippen MR) is 113 cm³/mol. The van der Waals surface area contributed by atoms with Crippen LogP contribution in [0, 0.1) is 6.92 Å². The Morgan fingerprint density at radius 3 is 2.79 bits per heavy atom. The van der Waals surface area contributed by atoms with Gasteiger partial charge >= 0.3 is 0 Å². The molecular formula is C20H20N4O3S2. The van der Waals surface area contributed by atoms with Crippen molar-refractivity contribution in [2.75, 3.05) is 12.0 Å². The number of thioether (sulfide) groups is 2. The molecule has 150 valence electrons. The number of hydrazone groups is 1. The molecule has 1 aliphatic rings. The number of carbonyl (C=O) groups is 1. The zero-order chi connectivity index (χ0) is 20.2. The molecule has 1 aromatic carbocycles. The molecule has 2 aromatic heterocycles. The highest BCUT2D eigenvalue weighted by molar-refractivity contribution is 7.99. The number of amides is 1. The van der Waals surface area contributed by atoms with Gasteiger partial charge in [0.15, 0.2) is 0 Å². The standard InChI is InChI=1S/C20H20N4O3S2/c1-13-5-7-14(8-6-13)15-10-16(17-4-3-9-26-17)24(23-15)19(25)12-29-20-22-21-18(27-20)11-28-2/h3-9,16H,10-12H2,1-2H3/t16-/m0/s1. The van der Waals surface area contributed by atoms with Crippen LogP contribution >= 0.6 is 23.5 Å². The third-order valence-corrected chi connectivity index (χ3v) is 5.80. The second-order valence-corrected chi connectivity index (χ2v) is 8.36. The molecular weight excluding hydrogens is 408 g/mol. The van der Waals surface area contributed by atoms with E-state index in [0.717, 1.165) is 11.3 Å². The van der Waals surface area contributed by atoms with Gasteiger partial charge in [0.2, 0.25) is 5.89 Å². The fourth-order valence-electron chi connectivity index (χ4n) is 3.03. The van der Waals surface area contributed by atoms with Crippen molar-refractivity contribution in [3.8, 4) is 0 Å². The Labute approximate surface area is 176 Å². The van der Waals surface area contributed by atoms with Crippen molar-refractivity contribution in [2.45, 2.75) is 30.4 Å². The van der Waals surface area contributed by atoms with E-state index in [1.807, 2.05) is 49.6 Å². The molecule has 1 atom stereocenters. The molecule has 1 amide bonds. The third-order valence-electron chi connectivity index (χ3n) is 4.46. The van der Waals surface area contributed by atoms with Gasteiger partial charge in [-0.15, -0.1) is 10.2 Å². The second-order valence-electron chi connectivity index (χ2n) is 6.57. The van der Waals surface area contributed by atoms with Crippen molar-refractivity contribution in [1.82, 2.24) is 15.2 Å². The van der Waals surface area contributed by atoms with Gasteiger partial charge in [0.25, 0.3) is 11.1 Å². The van der Waals surface area contributed by atoms with Crippen molar-refractivity contribution >= 4 is 35.1 Å². The van der Waals surface area contributed by atoms with Crippen LogP contribution in [0.15, 0.2) is 61.8 Å². The number of furan rings is 1. The first-order chi connectivity index (χ1) is 14.1. The van der Waals surface area contributed by atoms with E-state index in [0.29, 0.717) is 29.0 Å². The van der Waals surface area contributed by atoms with Gasteiger partial charge in [0, 0.05) is 6.42 Å². The summed E-state index contributed by atoms with van der Waals surface area (Å²) in [5, 5.41) is 14.5. The van der Waals surface area contributed by atoms with Crippen LogP contribution in [0.1, 0.15) is 35.2 Å². The topological polar surface area (TPSA) is 84.7 Å². The maximum absolute atomic E-state index is 13.0.